The molecule has 4 aliphatic carbocycles. The summed E-state index contributed by atoms with van der Waals surface area (Å²) in [5, 5.41) is 0. The summed E-state index contributed by atoms with van der Waals surface area (Å²) in [5.74, 6) is 1.76. The zero-order valence-electron chi connectivity index (χ0n) is 14.1. The lowest BCUT2D eigenvalue weighted by Crippen LogP contribution is -2.54. The Kier molecular flexibility index (Phi) is 3.24. The maximum Gasteiger partial charge on any atom is 0.155 e. The topological polar surface area (TPSA) is 51.2 Å². The van der Waals surface area contributed by atoms with Gasteiger partial charge in [0.2, 0.25) is 0 Å². The number of rotatable bonds is 1. The molecule has 0 N–H and O–H groups in total. The van der Waals surface area contributed by atoms with E-state index in [0.717, 1.165) is 38.4 Å². The normalized spacial score (nSPS) is 49.0. The van der Waals surface area contributed by atoms with Crippen molar-refractivity contribution in [3.63, 3.8) is 0 Å². The molecule has 3 heteroatoms. The molecule has 0 radical (unpaired) electrons. The summed E-state index contributed by atoms with van der Waals surface area (Å²) in [6, 6.07) is 0. The molecule has 0 bridgehead atoms. The Bertz CT molecular complexity index is 618. The molecular formula is C20H26O3. The van der Waals surface area contributed by atoms with E-state index in [9.17, 15) is 14.4 Å². The first-order valence-corrected chi connectivity index (χ1v) is 9.12. The van der Waals surface area contributed by atoms with E-state index in [4.69, 9.17) is 0 Å². The van der Waals surface area contributed by atoms with E-state index in [1.807, 2.05) is 6.08 Å². The van der Waals surface area contributed by atoms with Gasteiger partial charge in [-0.2, -0.15) is 0 Å². The van der Waals surface area contributed by atoms with Crippen LogP contribution in [0.1, 0.15) is 58.8 Å². The van der Waals surface area contributed by atoms with E-state index in [1.54, 1.807) is 0 Å². The lowest BCUT2D eigenvalue weighted by molar-refractivity contribution is -0.138. The van der Waals surface area contributed by atoms with Crippen molar-refractivity contribution in [1.82, 2.24) is 0 Å². The largest absolute Gasteiger partial charge is 0.303 e. The van der Waals surface area contributed by atoms with Gasteiger partial charge >= 0.3 is 0 Å². The van der Waals surface area contributed by atoms with Crippen LogP contribution in [0.4, 0.5) is 0 Å². The van der Waals surface area contributed by atoms with Crippen molar-refractivity contribution in [2.24, 2.45) is 34.5 Å². The number of Topliss-reactive ketones (excluding diaryl/α,β-unsaturated/α-hetero) is 1. The Morgan fingerprint density at radius 2 is 1.78 bits per heavy atom. The quantitative estimate of drug-likeness (QED) is 0.696. The van der Waals surface area contributed by atoms with Gasteiger partial charge in [0, 0.05) is 24.2 Å². The third kappa shape index (κ3) is 1.91. The number of carbonyl (C=O) groups is 3. The highest BCUT2D eigenvalue weighted by Gasteiger charge is 2.61. The number of allylic oxidation sites excluding steroid dienone is 1. The van der Waals surface area contributed by atoms with Crippen LogP contribution >= 0.6 is 0 Å². The lowest BCUT2D eigenvalue weighted by atomic mass is 9.45. The molecule has 3 fully saturated rings. The Morgan fingerprint density at radius 1 is 1.04 bits per heavy atom. The summed E-state index contributed by atoms with van der Waals surface area (Å²) in [6.07, 6.45) is 8.86. The summed E-state index contributed by atoms with van der Waals surface area (Å²) < 4.78 is 0. The van der Waals surface area contributed by atoms with E-state index >= 15 is 0 Å². The fourth-order valence-corrected chi connectivity index (χ4v) is 6.53. The van der Waals surface area contributed by atoms with Crippen LogP contribution in [0.3, 0.4) is 0 Å². The summed E-state index contributed by atoms with van der Waals surface area (Å²) in [5.41, 5.74) is 1.07. The van der Waals surface area contributed by atoms with Gasteiger partial charge in [0.15, 0.2) is 5.78 Å². The Morgan fingerprint density at radius 3 is 2.52 bits per heavy atom. The van der Waals surface area contributed by atoms with E-state index in [-0.39, 0.29) is 22.5 Å². The van der Waals surface area contributed by atoms with Crippen LogP contribution in [0.25, 0.3) is 0 Å². The van der Waals surface area contributed by atoms with Crippen molar-refractivity contribution in [2.75, 3.05) is 0 Å². The Hall–Kier alpha value is -1.25. The van der Waals surface area contributed by atoms with Gasteiger partial charge in [-0.1, -0.05) is 19.4 Å². The van der Waals surface area contributed by atoms with Crippen molar-refractivity contribution in [3.05, 3.63) is 11.6 Å². The molecule has 0 aliphatic heterocycles. The highest BCUT2D eigenvalue weighted by molar-refractivity contribution is 5.92. The first-order valence-electron chi connectivity index (χ1n) is 9.12. The molecule has 4 rings (SSSR count). The first kappa shape index (κ1) is 15.3. The molecule has 6 unspecified atom stereocenters. The predicted molar refractivity (Wildman–Crippen MR) is 86.7 cm³/mol. The molecule has 4 aliphatic rings. The number of fused-ring (bicyclic) bond motifs is 5. The monoisotopic (exact) mass is 314 g/mol. The van der Waals surface area contributed by atoms with Gasteiger partial charge in [0.1, 0.15) is 12.1 Å². The summed E-state index contributed by atoms with van der Waals surface area (Å²) >= 11 is 0. The molecule has 0 heterocycles. The van der Waals surface area contributed by atoms with Crippen molar-refractivity contribution in [2.45, 2.75) is 58.8 Å². The maximum atomic E-state index is 12.5. The fourth-order valence-electron chi connectivity index (χ4n) is 6.53. The average molecular weight is 314 g/mol. The molecule has 0 aromatic carbocycles. The molecule has 0 aromatic rings. The summed E-state index contributed by atoms with van der Waals surface area (Å²) in [6.45, 7) is 4.45. The maximum absolute atomic E-state index is 12.5. The molecule has 0 amide bonds. The average Bonchev–Trinajstić information content (AvgIpc) is 2.83. The third-order valence-electron chi connectivity index (χ3n) is 7.94. The minimum atomic E-state index is -0.204. The molecule has 0 spiro atoms. The zero-order valence-corrected chi connectivity index (χ0v) is 14.1. The second-order valence-corrected chi connectivity index (χ2v) is 8.77. The van der Waals surface area contributed by atoms with E-state index in [1.165, 1.54) is 5.57 Å². The van der Waals surface area contributed by atoms with Crippen LogP contribution in [0.15, 0.2) is 11.6 Å². The second-order valence-electron chi connectivity index (χ2n) is 8.77. The van der Waals surface area contributed by atoms with Crippen molar-refractivity contribution in [3.8, 4) is 0 Å². The van der Waals surface area contributed by atoms with Crippen LogP contribution in [0.5, 0.6) is 0 Å². The molecule has 0 aromatic heterocycles. The number of hydrogen-bond donors (Lipinski definition) is 0. The van der Waals surface area contributed by atoms with Crippen LogP contribution in [-0.4, -0.2) is 17.9 Å². The number of carbonyl (C=O) groups excluding carboxylic acids is 3. The van der Waals surface area contributed by atoms with Crippen LogP contribution in [0.2, 0.25) is 0 Å². The van der Waals surface area contributed by atoms with Gasteiger partial charge in [0.05, 0.1) is 0 Å². The fraction of sp³-hybridized carbons (Fsp3) is 0.750. The van der Waals surface area contributed by atoms with Gasteiger partial charge in [-0.3, -0.25) is 9.59 Å². The smallest absolute Gasteiger partial charge is 0.155 e. The van der Waals surface area contributed by atoms with Gasteiger partial charge < -0.3 is 4.79 Å². The van der Waals surface area contributed by atoms with E-state index in [0.29, 0.717) is 36.4 Å². The summed E-state index contributed by atoms with van der Waals surface area (Å²) in [7, 11) is 0. The number of ketones is 2. The van der Waals surface area contributed by atoms with Gasteiger partial charge in [0.25, 0.3) is 0 Å². The zero-order chi connectivity index (χ0) is 16.4. The third-order valence-corrected chi connectivity index (χ3v) is 7.94. The van der Waals surface area contributed by atoms with Crippen LogP contribution < -0.4 is 0 Å². The molecule has 124 valence electrons. The molecule has 3 nitrogen and oxygen atoms in total. The minimum absolute atomic E-state index is 0.0132. The lowest BCUT2D eigenvalue weighted by Gasteiger charge is -2.58. The number of aldehydes is 1. The molecule has 0 saturated heterocycles. The molecule has 6 atom stereocenters. The standard InChI is InChI=1S/C20H26O3/c1-19-7-5-14(22)10-13(19)9-12(11-21)18-15-3-4-17(23)20(15,2)8-6-16(18)19/h10-12,15-16,18H,3-9H2,1-2H3. The molecule has 3 saturated carbocycles. The second kappa shape index (κ2) is 4.87. The van der Waals surface area contributed by atoms with Gasteiger partial charge in [-0.15, -0.1) is 0 Å². The highest BCUT2D eigenvalue weighted by atomic mass is 16.1. The van der Waals surface area contributed by atoms with Crippen molar-refractivity contribution in [1.29, 1.82) is 0 Å². The SMILES string of the molecule is CC12CCC3C(C(C=O)CC4=CC(=O)CCC43C)C1CCC2=O. The molecule has 23 heavy (non-hydrogen) atoms. The van der Waals surface area contributed by atoms with E-state index < -0.39 is 0 Å². The summed E-state index contributed by atoms with van der Waals surface area (Å²) in [4.78, 5) is 36.2. The van der Waals surface area contributed by atoms with Gasteiger partial charge in [-0.25, -0.2) is 0 Å². The minimum Gasteiger partial charge on any atom is -0.303 e. The highest BCUT2D eigenvalue weighted by Crippen LogP contribution is 2.65. The predicted octanol–water partition coefficient (Wildman–Crippen LogP) is 3.51. The molecular weight excluding hydrogens is 288 g/mol. The van der Waals surface area contributed by atoms with Crippen LogP contribution in [0, 0.1) is 34.5 Å². The van der Waals surface area contributed by atoms with Gasteiger partial charge in [-0.05, 0) is 61.3 Å². The Balaban J connectivity index is 1.78. The first-order chi connectivity index (χ1) is 10.9. The van der Waals surface area contributed by atoms with Crippen LogP contribution in [-0.2, 0) is 14.4 Å². The van der Waals surface area contributed by atoms with Crippen molar-refractivity contribution < 1.29 is 14.4 Å². The Labute approximate surface area is 137 Å². The number of hydrogen-bond acceptors (Lipinski definition) is 3. The van der Waals surface area contributed by atoms with E-state index in [2.05, 4.69) is 13.8 Å². The van der Waals surface area contributed by atoms with Crippen molar-refractivity contribution >= 4 is 17.9 Å².